The van der Waals surface area contributed by atoms with Gasteiger partial charge in [0.1, 0.15) is 0 Å². The Bertz CT molecular complexity index is 1190. The molecule has 1 aliphatic heterocycles. The molecule has 3 aromatic carbocycles. The maximum atomic E-state index is 12.3. The summed E-state index contributed by atoms with van der Waals surface area (Å²) in [5.74, 6) is 1.28. The van der Waals surface area contributed by atoms with Crippen molar-refractivity contribution in [3.63, 3.8) is 0 Å². The Labute approximate surface area is 177 Å². The molecule has 0 spiro atoms. The van der Waals surface area contributed by atoms with E-state index in [-0.39, 0.29) is 12.8 Å². The second kappa shape index (κ2) is 7.88. The number of ether oxygens (including phenoxy) is 2. The molecule has 1 aromatic heterocycles. The molecule has 0 bridgehead atoms. The molecule has 0 fully saturated rings. The average Bonchev–Trinajstić information content (AvgIpc) is 3.43. The molecule has 0 saturated carbocycles. The van der Waals surface area contributed by atoms with Crippen LogP contribution in [0.1, 0.15) is 0 Å². The first kappa shape index (κ1) is 18.2. The number of carbonyl (C=O) groups excluding carboxylic acids is 1. The van der Waals surface area contributed by atoms with E-state index >= 15 is 0 Å². The Hall–Kier alpha value is -3.84. The van der Waals surface area contributed by atoms with Crippen molar-refractivity contribution in [2.45, 2.75) is 0 Å². The molecule has 0 saturated heterocycles. The Morgan fingerprint density at radius 1 is 0.833 bits per heavy atom. The molecule has 30 heavy (non-hydrogen) atoms. The zero-order chi connectivity index (χ0) is 20.3. The van der Waals surface area contributed by atoms with Gasteiger partial charge in [-0.1, -0.05) is 54.6 Å². The van der Waals surface area contributed by atoms with Crippen LogP contribution in [0.3, 0.4) is 0 Å². The molecule has 7 heteroatoms. The van der Waals surface area contributed by atoms with E-state index in [4.69, 9.17) is 9.47 Å². The van der Waals surface area contributed by atoms with Crippen LogP contribution in [0.25, 0.3) is 22.4 Å². The molecule has 0 aliphatic carbocycles. The summed E-state index contributed by atoms with van der Waals surface area (Å²) in [5.41, 5.74) is 4.75. The summed E-state index contributed by atoms with van der Waals surface area (Å²) >= 11 is 1.38. The predicted octanol–water partition coefficient (Wildman–Crippen LogP) is 5.85. The second-order valence-corrected chi connectivity index (χ2v) is 7.49. The molecule has 4 aromatic rings. The van der Waals surface area contributed by atoms with E-state index in [1.165, 1.54) is 16.9 Å². The van der Waals surface area contributed by atoms with Crippen LogP contribution >= 0.6 is 11.3 Å². The largest absolute Gasteiger partial charge is 0.454 e. The van der Waals surface area contributed by atoms with Crippen molar-refractivity contribution < 1.29 is 14.3 Å². The van der Waals surface area contributed by atoms with E-state index in [9.17, 15) is 4.79 Å². The Morgan fingerprint density at radius 3 is 2.40 bits per heavy atom. The van der Waals surface area contributed by atoms with Crippen LogP contribution in [0.4, 0.5) is 15.6 Å². The minimum Gasteiger partial charge on any atom is -0.454 e. The Kier molecular flexibility index (Phi) is 4.78. The average molecular weight is 415 g/mol. The summed E-state index contributed by atoms with van der Waals surface area (Å²) in [5, 5.41) is 7.99. The minimum absolute atomic E-state index is 0.194. The molecule has 0 radical (unpaired) electrons. The van der Waals surface area contributed by atoms with Gasteiger partial charge in [0, 0.05) is 22.7 Å². The van der Waals surface area contributed by atoms with Gasteiger partial charge in [0.2, 0.25) is 6.79 Å². The summed E-state index contributed by atoms with van der Waals surface area (Å²) in [4.78, 5) is 16.8. The molecule has 5 rings (SSSR count). The Morgan fingerprint density at radius 2 is 1.57 bits per heavy atom. The van der Waals surface area contributed by atoms with E-state index < -0.39 is 0 Å². The molecule has 2 heterocycles. The normalized spacial score (nSPS) is 11.9. The SMILES string of the molecule is O=C(Nc1ccc2c(c1)OCO2)Nc1nc(-c2ccc(-c3ccccc3)cc2)cs1. The van der Waals surface area contributed by atoms with Crippen LogP contribution in [0.2, 0.25) is 0 Å². The lowest BCUT2D eigenvalue weighted by molar-refractivity contribution is 0.174. The van der Waals surface area contributed by atoms with Crippen LogP contribution in [0, 0.1) is 0 Å². The number of fused-ring (bicyclic) bond motifs is 1. The van der Waals surface area contributed by atoms with Crippen molar-refractivity contribution in [1.82, 2.24) is 4.98 Å². The zero-order valence-corrected chi connectivity index (χ0v) is 16.6. The lowest BCUT2D eigenvalue weighted by Crippen LogP contribution is -2.19. The highest BCUT2D eigenvalue weighted by atomic mass is 32.1. The smallest absolute Gasteiger partial charge is 0.325 e. The predicted molar refractivity (Wildman–Crippen MR) is 118 cm³/mol. The van der Waals surface area contributed by atoms with Crippen molar-refractivity contribution in [2.75, 3.05) is 17.4 Å². The Balaban J connectivity index is 1.24. The van der Waals surface area contributed by atoms with Crippen LogP contribution in [0.5, 0.6) is 11.5 Å². The number of carbonyl (C=O) groups is 1. The van der Waals surface area contributed by atoms with Crippen molar-refractivity contribution in [1.29, 1.82) is 0 Å². The first-order valence-electron chi connectivity index (χ1n) is 9.34. The van der Waals surface area contributed by atoms with Crippen molar-refractivity contribution >= 4 is 28.2 Å². The number of hydrogen-bond donors (Lipinski definition) is 2. The van der Waals surface area contributed by atoms with Gasteiger partial charge >= 0.3 is 6.03 Å². The fraction of sp³-hybridized carbons (Fsp3) is 0.0435. The number of anilines is 2. The lowest BCUT2D eigenvalue weighted by atomic mass is 10.0. The molecule has 2 N–H and O–H groups in total. The van der Waals surface area contributed by atoms with Crippen molar-refractivity contribution in [2.24, 2.45) is 0 Å². The molecule has 6 nitrogen and oxygen atoms in total. The van der Waals surface area contributed by atoms with E-state index in [0.29, 0.717) is 22.3 Å². The third-order valence-electron chi connectivity index (χ3n) is 4.64. The quantitative estimate of drug-likeness (QED) is 0.439. The van der Waals surface area contributed by atoms with E-state index in [0.717, 1.165) is 16.8 Å². The van der Waals surface area contributed by atoms with Crippen LogP contribution in [0.15, 0.2) is 78.2 Å². The standard InChI is InChI=1S/C23H17N3O3S/c27-22(24-18-10-11-20-21(12-18)29-14-28-20)26-23-25-19(13-30-23)17-8-6-16(7-9-17)15-4-2-1-3-5-15/h1-13H,14H2,(H2,24,25,26,27). The summed E-state index contributed by atoms with van der Waals surface area (Å²) in [6.45, 7) is 0.194. The number of amides is 2. The molecule has 2 amide bonds. The van der Waals surface area contributed by atoms with Crippen LogP contribution < -0.4 is 20.1 Å². The van der Waals surface area contributed by atoms with Gasteiger partial charge in [-0.05, 0) is 23.3 Å². The first-order chi connectivity index (χ1) is 14.7. The molecule has 0 unspecified atom stereocenters. The van der Waals surface area contributed by atoms with Crippen LogP contribution in [-0.4, -0.2) is 17.8 Å². The van der Waals surface area contributed by atoms with Gasteiger partial charge in [0.25, 0.3) is 0 Å². The maximum absolute atomic E-state index is 12.3. The number of nitrogens with one attached hydrogen (secondary N) is 2. The number of benzene rings is 3. The maximum Gasteiger partial charge on any atom is 0.325 e. The number of rotatable bonds is 4. The molecular formula is C23H17N3O3S. The molecule has 1 aliphatic rings. The molecular weight excluding hydrogens is 398 g/mol. The van der Waals surface area contributed by atoms with Gasteiger partial charge in [-0.2, -0.15) is 0 Å². The monoisotopic (exact) mass is 415 g/mol. The second-order valence-electron chi connectivity index (χ2n) is 6.63. The number of thiazole rings is 1. The van der Waals surface area contributed by atoms with Crippen molar-refractivity contribution in [3.8, 4) is 33.9 Å². The van der Waals surface area contributed by atoms with Gasteiger partial charge in [0.15, 0.2) is 16.6 Å². The summed E-state index contributed by atoms with van der Waals surface area (Å²) in [6, 6.07) is 23.3. The third kappa shape index (κ3) is 3.83. The van der Waals surface area contributed by atoms with Gasteiger partial charge < -0.3 is 14.8 Å². The lowest BCUT2D eigenvalue weighted by Gasteiger charge is -2.06. The molecule has 0 atom stereocenters. The van der Waals surface area contributed by atoms with E-state index in [1.807, 2.05) is 35.7 Å². The van der Waals surface area contributed by atoms with Gasteiger partial charge in [-0.25, -0.2) is 9.78 Å². The van der Waals surface area contributed by atoms with Crippen LogP contribution in [-0.2, 0) is 0 Å². The third-order valence-corrected chi connectivity index (χ3v) is 5.40. The molecule has 148 valence electrons. The fourth-order valence-electron chi connectivity index (χ4n) is 3.16. The van der Waals surface area contributed by atoms with Crippen molar-refractivity contribution in [3.05, 3.63) is 78.2 Å². The zero-order valence-electron chi connectivity index (χ0n) is 15.8. The van der Waals surface area contributed by atoms with Gasteiger partial charge in [-0.3, -0.25) is 5.32 Å². The highest BCUT2D eigenvalue weighted by molar-refractivity contribution is 7.14. The summed E-state index contributed by atoms with van der Waals surface area (Å²) in [6.07, 6.45) is 0. The fourth-order valence-corrected chi connectivity index (χ4v) is 3.88. The minimum atomic E-state index is -0.366. The number of hydrogen-bond acceptors (Lipinski definition) is 5. The highest BCUT2D eigenvalue weighted by Gasteiger charge is 2.14. The highest BCUT2D eigenvalue weighted by Crippen LogP contribution is 2.34. The van der Waals surface area contributed by atoms with Gasteiger partial charge in [0.05, 0.1) is 5.69 Å². The number of nitrogens with zero attached hydrogens (tertiary/aromatic N) is 1. The van der Waals surface area contributed by atoms with E-state index in [1.54, 1.807) is 18.2 Å². The summed E-state index contributed by atoms with van der Waals surface area (Å²) < 4.78 is 10.6. The number of aromatic nitrogens is 1. The topological polar surface area (TPSA) is 72.5 Å². The van der Waals surface area contributed by atoms with Gasteiger partial charge in [-0.15, -0.1) is 11.3 Å². The number of urea groups is 1. The van der Waals surface area contributed by atoms with E-state index in [2.05, 4.69) is 39.9 Å². The first-order valence-corrected chi connectivity index (χ1v) is 10.2. The summed E-state index contributed by atoms with van der Waals surface area (Å²) in [7, 11) is 0.